The van der Waals surface area contributed by atoms with Gasteiger partial charge < -0.3 is 15.2 Å². The molecule has 1 atom stereocenters. The van der Waals surface area contributed by atoms with Crippen LogP contribution in [-0.4, -0.2) is 29.6 Å². The minimum atomic E-state index is -0.0379. The zero-order valence-electron chi connectivity index (χ0n) is 10.7. The lowest BCUT2D eigenvalue weighted by atomic mass is 10.2. The Labute approximate surface area is 113 Å². The van der Waals surface area contributed by atoms with E-state index in [9.17, 15) is 4.79 Å². The van der Waals surface area contributed by atoms with E-state index in [1.807, 2.05) is 10.8 Å². The molecule has 2 heterocycles. The third-order valence-corrected chi connectivity index (χ3v) is 3.44. The van der Waals surface area contributed by atoms with Gasteiger partial charge in [0, 0.05) is 25.3 Å². The van der Waals surface area contributed by atoms with Crippen molar-refractivity contribution >= 4 is 17.5 Å². The van der Waals surface area contributed by atoms with Crippen molar-refractivity contribution in [3.05, 3.63) is 23.0 Å². The maximum absolute atomic E-state index is 12.1. The molecule has 1 amide bonds. The van der Waals surface area contributed by atoms with Gasteiger partial charge in [-0.1, -0.05) is 18.5 Å². The number of rotatable bonds is 5. The molecule has 1 aliphatic heterocycles. The molecule has 2 rings (SSSR count). The van der Waals surface area contributed by atoms with E-state index in [-0.39, 0.29) is 5.91 Å². The number of halogens is 1. The first-order valence-electron chi connectivity index (χ1n) is 6.58. The van der Waals surface area contributed by atoms with Crippen molar-refractivity contribution in [1.29, 1.82) is 0 Å². The van der Waals surface area contributed by atoms with Crippen LogP contribution in [0.2, 0.25) is 5.02 Å². The van der Waals surface area contributed by atoms with Gasteiger partial charge in [-0.2, -0.15) is 0 Å². The first kappa shape index (κ1) is 13.4. The maximum Gasteiger partial charge on any atom is 0.268 e. The lowest BCUT2D eigenvalue weighted by Crippen LogP contribution is -2.37. The molecule has 4 nitrogen and oxygen atoms in total. The zero-order chi connectivity index (χ0) is 13.0. The Balaban J connectivity index is 1.94. The average Bonchev–Trinajstić information content (AvgIpc) is 2.96. The molecule has 0 saturated carbocycles. The summed E-state index contributed by atoms with van der Waals surface area (Å²) in [4.78, 5) is 12.1. The lowest BCUT2D eigenvalue weighted by Gasteiger charge is -2.12. The molecule has 1 fully saturated rings. The molecule has 18 heavy (non-hydrogen) atoms. The smallest absolute Gasteiger partial charge is 0.268 e. The van der Waals surface area contributed by atoms with Gasteiger partial charge >= 0.3 is 0 Å². The number of hydrogen-bond acceptors (Lipinski definition) is 2. The Hall–Kier alpha value is -1.00. The molecule has 1 aromatic heterocycles. The summed E-state index contributed by atoms with van der Waals surface area (Å²) in [5.74, 6) is -0.0379. The van der Waals surface area contributed by atoms with Crippen LogP contribution in [0.1, 0.15) is 36.7 Å². The Kier molecular flexibility index (Phi) is 4.66. The second-order valence-corrected chi connectivity index (χ2v) is 5.18. The minimum Gasteiger partial charge on any atom is -0.349 e. The molecule has 100 valence electrons. The predicted octanol–water partition coefficient (Wildman–Crippen LogP) is 2.03. The molecule has 0 radical (unpaired) electrons. The monoisotopic (exact) mass is 269 g/mol. The number of nitrogens with zero attached hydrogens (tertiary/aromatic N) is 1. The van der Waals surface area contributed by atoms with Crippen molar-refractivity contribution in [3.63, 3.8) is 0 Å². The molecule has 2 N–H and O–H groups in total. The number of aromatic nitrogens is 1. The molecule has 0 spiro atoms. The number of nitrogens with one attached hydrogen (secondary N) is 2. The van der Waals surface area contributed by atoms with E-state index in [0.29, 0.717) is 23.3 Å². The third kappa shape index (κ3) is 3.27. The summed E-state index contributed by atoms with van der Waals surface area (Å²) in [6.07, 6.45) is 5.12. The van der Waals surface area contributed by atoms with E-state index >= 15 is 0 Å². The fourth-order valence-electron chi connectivity index (χ4n) is 2.33. The van der Waals surface area contributed by atoms with E-state index in [2.05, 4.69) is 17.6 Å². The van der Waals surface area contributed by atoms with Gasteiger partial charge in [0.25, 0.3) is 5.91 Å². The van der Waals surface area contributed by atoms with Gasteiger partial charge in [0.05, 0.1) is 5.02 Å². The topological polar surface area (TPSA) is 46.1 Å². The Bertz CT molecular complexity index is 410. The molecular formula is C13H20ClN3O. The molecular weight excluding hydrogens is 250 g/mol. The molecule has 0 aliphatic carbocycles. The van der Waals surface area contributed by atoms with Crippen LogP contribution in [0, 0.1) is 0 Å². The second kappa shape index (κ2) is 6.25. The van der Waals surface area contributed by atoms with Crippen molar-refractivity contribution in [3.8, 4) is 0 Å². The van der Waals surface area contributed by atoms with Crippen LogP contribution in [0.4, 0.5) is 0 Å². The summed E-state index contributed by atoms with van der Waals surface area (Å²) in [6, 6.07) is 2.15. The number of carbonyl (C=O) groups excluding carboxylic acids is 1. The fourth-order valence-corrected chi connectivity index (χ4v) is 2.55. The SMILES string of the molecule is CCCn1cc(Cl)cc1C(=O)NCC1CCCN1. The van der Waals surface area contributed by atoms with Gasteiger partial charge in [-0.25, -0.2) is 0 Å². The highest BCUT2D eigenvalue weighted by atomic mass is 35.5. The molecule has 1 aromatic rings. The van der Waals surface area contributed by atoms with Gasteiger partial charge in [-0.05, 0) is 31.9 Å². The number of carbonyl (C=O) groups is 1. The van der Waals surface area contributed by atoms with Crippen molar-refractivity contribution in [1.82, 2.24) is 15.2 Å². The van der Waals surface area contributed by atoms with Crippen LogP contribution in [0.15, 0.2) is 12.3 Å². The third-order valence-electron chi connectivity index (χ3n) is 3.23. The highest BCUT2D eigenvalue weighted by molar-refractivity contribution is 6.31. The van der Waals surface area contributed by atoms with E-state index in [1.54, 1.807) is 6.07 Å². The Morgan fingerprint density at radius 2 is 2.50 bits per heavy atom. The van der Waals surface area contributed by atoms with Crippen molar-refractivity contribution in [2.24, 2.45) is 0 Å². The Morgan fingerprint density at radius 1 is 1.67 bits per heavy atom. The first-order valence-corrected chi connectivity index (χ1v) is 6.95. The first-order chi connectivity index (χ1) is 8.70. The summed E-state index contributed by atoms with van der Waals surface area (Å²) in [6.45, 7) is 4.64. The summed E-state index contributed by atoms with van der Waals surface area (Å²) >= 11 is 5.96. The van der Waals surface area contributed by atoms with E-state index < -0.39 is 0 Å². The van der Waals surface area contributed by atoms with Crippen LogP contribution in [0.5, 0.6) is 0 Å². The van der Waals surface area contributed by atoms with E-state index in [4.69, 9.17) is 11.6 Å². The summed E-state index contributed by atoms with van der Waals surface area (Å²) < 4.78 is 1.92. The van der Waals surface area contributed by atoms with Crippen LogP contribution >= 0.6 is 11.6 Å². The van der Waals surface area contributed by atoms with Gasteiger partial charge in [-0.3, -0.25) is 4.79 Å². The van der Waals surface area contributed by atoms with Gasteiger partial charge in [0.15, 0.2) is 0 Å². The van der Waals surface area contributed by atoms with Gasteiger partial charge in [0.2, 0.25) is 0 Å². The highest BCUT2D eigenvalue weighted by Gasteiger charge is 2.17. The fraction of sp³-hybridized carbons (Fsp3) is 0.615. The number of amides is 1. The van der Waals surface area contributed by atoms with Crippen molar-refractivity contribution in [2.75, 3.05) is 13.1 Å². The quantitative estimate of drug-likeness (QED) is 0.859. The largest absolute Gasteiger partial charge is 0.349 e. The van der Waals surface area contributed by atoms with E-state index in [0.717, 1.165) is 25.9 Å². The summed E-state index contributed by atoms with van der Waals surface area (Å²) in [5, 5.41) is 6.95. The van der Waals surface area contributed by atoms with Crippen molar-refractivity contribution < 1.29 is 4.79 Å². The van der Waals surface area contributed by atoms with Crippen LogP contribution < -0.4 is 10.6 Å². The lowest BCUT2D eigenvalue weighted by molar-refractivity contribution is 0.0941. The van der Waals surface area contributed by atoms with Gasteiger partial charge in [-0.15, -0.1) is 0 Å². The average molecular weight is 270 g/mol. The summed E-state index contributed by atoms with van der Waals surface area (Å²) in [5.41, 5.74) is 0.653. The summed E-state index contributed by atoms with van der Waals surface area (Å²) in [7, 11) is 0. The van der Waals surface area contributed by atoms with E-state index in [1.165, 1.54) is 6.42 Å². The predicted molar refractivity (Wildman–Crippen MR) is 73.1 cm³/mol. The molecule has 0 aromatic carbocycles. The number of aryl methyl sites for hydroxylation is 1. The van der Waals surface area contributed by atoms with Crippen LogP contribution in [-0.2, 0) is 6.54 Å². The highest BCUT2D eigenvalue weighted by Crippen LogP contribution is 2.15. The zero-order valence-corrected chi connectivity index (χ0v) is 11.5. The maximum atomic E-state index is 12.1. The van der Waals surface area contributed by atoms with Crippen molar-refractivity contribution in [2.45, 2.75) is 38.8 Å². The standard InChI is InChI=1S/C13H20ClN3O/c1-2-6-17-9-10(14)7-12(17)13(18)16-8-11-4-3-5-15-11/h7,9,11,15H,2-6,8H2,1H3,(H,16,18). The molecule has 0 bridgehead atoms. The van der Waals surface area contributed by atoms with Gasteiger partial charge in [0.1, 0.15) is 5.69 Å². The molecule has 1 unspecified atom stereocenters. The number of hydrogen-bond donors (Lipinski definition) is 2. The molecule has 1 aliphatic rings. The normalized spacial score (nSPS) is 19.1. The molecule has 5 heteroatoms. The van der Waals surface area contributed by atoms with Crippen LogP contribution in [0.3, 0.4) is 0 Å². The Morgan fingerprint density at radius 3 is 3.17 bits per heavy atom. The second-order valence-electron chi connectivity index (χ2n) is 4.74. The molecule has 1 saturated heterocycles. The minimum absolute atomic E-state index is 0.0379. The van der Waals surface area contributed by atoms with Crippen LogP contribution in [0.25, 0.3) is 0 Å².